The largest absolute Gasteiger partial charge is 1.00 e. The third-order valence-electron chi connectivity index (χ3n) is 2.34. The molecule has 1 aromatic rings. The van der Waals surface area contributed by atoms with Crippen LogP contribution in [0, 0.1) is 0 Å². The van der Waals surface area contributed by atoms with Gasteiger partial charge in [0.1, 0.15) is 6.61 Å². The first-order chi connectivity index (χ1) is 8.58. The first kappa shape index (κ1) is 18.1. The van der Waals surface area contributed by atoms with Gasteiger partial charge in [-0.15, -0.1) is 0 Å². The van der Waals surface area contributed by atoms with Gasteiger partial charge in [-0.05, 0) is 12.0 Å². The van der Waals surface area contributed by atoms with E-state index in [4.69, 9.17) is 9.84 Å². The number of carboxylic acids is 1. The maximum atomic E-state index is 11.3. The van der Waals surface area contributed by atoms with Gasteiger partial charge in [-0.1, -0.05) is 30.3 Å². The van der Waals surface area contributed by atoms with E-state index in [1.54, 1.807) is 0 Å². The zero-order valence-corrected chi connectivity index (χ0v) is 12.9. The fourth-order valence-corrected chi connectivity index (χ4v) is 1.38. The number of carboxylic acid groups (broad SMARTS) is 1. The van der Waals surface area contributed by atoms with E-state index in [1.165, 1.54) is 0 Å². The molecule has 0 aliphatic rings. The van der Waals surface area contributed by atoms with Gasteiger partial charge in [-0.3, -0.25) is 9.59 Å². The second kappa shape index (κ2) is 9.97. The molecular weight excluding hydrogens is 259 g/mol. The summed E-state index contributed by atoms with van der Waals surface area (Å²) in [4.78, 5) is 21.6. The summed E-state index contributed by atoms with van der Waals surface area (Å²) in [6.45, 7) is 0.158. The topological polar surface area (TPSA) is 83.8 Å². The minimum absolute atomic E-state index is 0. The quantitative estimate of drug-likeness (QED) is 0.460. The number of aliphatic carboxylic acids is 1. The van der Waals surface area contributed by atoms with E-state index >= 15 is 0 Å². The van der Waals surface area contributed by atoms with Crippen LogP contribution in [-0.4, -0.2) is 28.3 Å². The van der Waals surface area contributed by atoms with Gasteiger partial charge in [0.25, 0.3) is 0 Å². The molecule has 0 aromatic heterocycles. The zero-order chi connectivity index (χ0) is 13.4. The Morgan fingerprint density at radius 1 is 1.21 bits per heavy atom. The van der Waals surface area contributed by atoms with Gasteiger partial charge < -0.3 is 14.9 Å². The van der Waals surface area contributed by atoms with Crippen LogP contribution in [0.15, 0.2) is 30.3 Å². The molecule has 19 heavy (non-hydrogen) atoms. The number of benzene rings is 1. The van der Waals surface area contributed by atoms with Gasteiger partial charge >= 0.3 is 41.5 Å². The first-order valence-electron chi connectivity index (χ1n) is 5.67. The van der Waals surface area contributed by atoms with Gasteiger partial charge in [-0.2, -0.15) is 0 Å². The Kier molecular flexibility index (Phi) is 9.51. The van der Waals surface area contributed by atoms with Crippen molar-refractivity contribution in [1.82, 2.24) is 0 Å². The summed E-state index contributed by atoms with van der Waals surface area (Å²) >= 11 is 0. The Morgan fingerprint density at radius 3 is 2.42 bits per heavy atom. The van der Waals surface area contributed by atoms with Gasteiger partial charge in [0.05, 0.1) is 12.5 Å². The van der Waals surface area contributed by atoms with E-state index in [-0.39, 0.29) is 55.4 Å². The van der Waals surface area contributed by atoms with Crippen LogP contribution < -0.4 is 29.6 Å². The summed E-state index contributed by atoms with van der Waals surface area (Å²) in [5, 5.41) is 17.8. The minimum atomic E-state index is -0.994. The van der Waals surface area contributed by atoms with E-state index in [0.717, 1.165) is 5.56 Å². The number of hydrogen-bond donors (Lipinski definition) is 2. The van der Waals surface area contributed by atoms with Crippen molar-refractivity contribution in [2.45, 2.75) is 32.0 Å². The van der Waals surface area contributed by atoms with Crippen molar-refractivity contribution in [1.29, 1.82) is 0 Å². The second-order valence-electron chi connectivity index (χ2n) is 3.94. The van der Waals surface area contributed by atoms with E-state index in [9.17, 15) is 14.7 Å². The molecule has 0 fully saturated rings. The molecule has 0 aliphatic heterocycles. The maximum Gasteiger partial charge on any atom is 1.00 e. The molecule has 0 spiro atoms. The zero-order valence-electron chi connectivity index (χ0n) is 10.9. The summed E-state index contributed by atoms with van der Waals surface area (Å²) in [5.74, 6) is -1.52. The van der Waals surface area contributed by atoms with Crippen LogP contribution in [-0.2, 0) is 20.9 Å². The van der Waals surface area contributed by atoms with Crippen LogP contribution in [0.3, 0.4) is 0 Å². The predicted octanol–water partition coefficient (Wildman–Crippen LogP) is -1.65. The summed E-state index contributed by atoms with van der Waals surface area (Å²) < 4.78 is 4.96. The van der Waals surface area contributed by atoms with Crippen molar-refractivity contribution in [2.75, 3.05) is 0 Å². The Hall–Kier alpha value is -0.880. The minimum Gasteiger partial charge on any atom is -0.481 e. The molecule has 5 nitrogen and oxygen atoms in total. The molecule has 0 aliphatic carbocycles. The molecule has 1 unspecified atom stereocenters. The summed E-state index contributed by atoms with van der Waals surface area (Å²) in [5.41, 5.74) is 0.867. The number of aliphatic hydroxyl groups is 1. The monoisotopic (exact) mass is 275 g/mol. The molecule has 0 saturated heterocycles. The van der Waals surface area contributed by atoms with Crippen LogP contribution >= 0.6 is 0 Å². The van der Waals surface area contributed by atoms with Gasteiger partial charge in [0, 0.05) is 6.42 Å². The number of hydrogen-bond acceptors (Lipinski definition) is 4. The van der Waals surface area contributed by atoms with Crippen LogP contribution in [0.5, 0.6) is 0 Å². The second-order valence-corrected chi connectivity index (χ2v) is 3.94. The molecule has 0 bridgehead atoms. The third kappa shape index (κ3) is 8.77. The molecule has 1 rings (SSSR count). The van der Waals surface area contributed by atoms with Crippen LogP contribution in [0.1, 0.15) is 24.8 Å². The van der Waals surface area contributed by atoms with E-state index in [0.29, 0.717) is 0 Å². The van der Waals surface area contributed by atoms with E-state index in [2.05, 4.69) is 0 Å². The Morgan fingerprint density at radius 2 is 1.84 bits per heavy atom. The van der Waals surface area contributed by atoms with E-state index in [1.807, 2.05) is 30.3 Å². The molecule has 6 heteroatoms. The number of rotatable bonds is 7. The molecule has 0 amide bonds. The maximum absolute atomic E-state index is 11.3. The summed E-state index contributed by atoms with van der Waals surface area (Å²) in [6, 6.07) is 9.19. The molecular formula is C13H16NaO5+. The fourth-order valence-electron chi connectivity index (χ4n) is 1.38. The number of carbonyl (C=O) groups is 2. The van der Waals surface area contributed by atoms with Crippen molar-refractivity contribution in [3.8, 4) is 0 Å². The molecule has 98 valence electrons. The van der Waals surface area contributed by atoms with Crippen molar-refractivity contribution in [2.24, 2.45) is 0 Å². The molecule has 1 atom stereocenters. The molecule has 0 radical (unpaired) electrons. The molecule has 2 N–H and O–H groups in total. The summed E-state index contributed by atoms with van der Waals surface area (Å²) in [6.07, 6.45) is -1.26. The Balaban J connectivity index is 0.00000324. The smallest absolute Gasteiger partial charge is 0.481 e. The predicted molar refractivity (Wildman–Crippen MR) is 63.7 cm³/mol. The third-order valence-corrected chi connectivity index (χ3v) is 2.34. The summed E-state index contributed by atoms with van der Waals surface area (Å²) in [7, 11) is 0. The van der Waals surface area contributed by atoms with Gasteiger partial charge in [0.15, 0.2) is 0 Å². The van der Waals surface area contributed by atoms with Crippen molar-refractivity contribution >= 4 is 11.9 Å². The van der Waals surface area contributed by atoms with Crippen molar-refractivity contribution < 1.29 is 54.1 Å². The normalized spacial score (nSPS) is 11.2. The average molecular weight is 275 g/mol. The van der Waals surface area contributed by atoms with E-state index < -0.39 is 18.0 Å². The van der Waals surface area contributed by atoms with Crippen LogP contribution in [0.2, 0.25) is 0 Å². The van der Waals surface area contributed by atoms with Crippen LogP contribution in [0.25, 0.3) is 0 Å². The fraction of sp³-hybridized carbons (Fsp3) is 0.385. The molecule has 0 heterocycles. The number of ether oxygens (including phenoxy) is 1. The standard InChI is InChI=1S/C13H16O5.Na/c14-11(6-7-12(15)16)8-13(17)18-9-10-4-2-1-3-5-10;/h1-5,11,14H,6-9H2,(H,15,16);/q;+1. The number of carbonyl (C=O) groups excluding carboxylic acids is 1. The SMILES string of the molecule is O=C(O)CCC(O)CC(=O)OCc1ccccc1.[Na+]. The Bertz CT molecular complexity index is 393. The van der Waals surface area contributed by atoms with Crippen molar-refractivity contribution in [3.05, 3.63) is 35.9 Å². The number of esters is 1. The van der Waals surface area contributed by atoms with Gasteiger partial charge in [-0.25, -0.2) is 0 Å². The van der Waals surface area contributed by atoms with Crippen molar-refractivity contribution in [3.63, 3.8) is 0 Å². The Labute approximate surface area is 133 Å². The van der Waals surface area contributed by atoms with Crippen LogP contribution in [0.4, 0.5) is 0 Å². The van der Waals surface area contributed by atoms with Gasteiger partial charge in [0.2, 0.25) is 0 Å². The molecule has 1 aromatic carbocycles. The first-order valence-corrected chi connectivity index (χ1v) is 5.67. The number of aliphatic hydroxyl groups excluding tert-OH is 1. The average Bonchev–Trinajstić information content (AvgIpc) is 2.35. The molecule has 0 saturated carbocycles.